The standard InChI is InChI=1S/C8H8FN3O/c1-4-2-5(3-13-4)7-6(9)8(10)12-11-7/h2-3H,1H3,(H3,10,11,12). The van der Waals surface area contributed by atoms with Crippen LogP contribution in [0.4, 0.5) is 10.2 Å². The van der Waals surface area contributed by atoms with E-state index in [1.54, 1.807) is 13.0 Å². The quantitative estimate of drug-likeness (QED) is 0.703. The van der Waals surface area contributed by atoms with Crippen LogP contribution < -0.4 is 5.73 Å². The zero-order valence-corrected chi connectivity index (χ0v) is 6.97. The summed E-state index contributed by atoms with van der Waals surface area (Å²) in [5.74, 6) is 0.0391. The first-order chi connectivity index (χ1) is 6.18. The first-order valence-corrected chi connectivity index (χ1v) is 3.73. The predicted molar refractivity (Wildman–Crippen MR) is 45.4 cm³/mol. The molecule has 13 heavy (non-hydrogen) atoms. The van der Waals surface area contributed by atoms with E-state index in [0.29, 0.717) is 11.3 Å². The fourth-order valence-corrected chi connectivity index (χ4v) is 1.11. The third-order valence-corrected chi connectivity index (χ3v) is 1.75. The summed E-state index contributed by atoms with van der Waals surface area (Å²) >= 11 is 0. The van der Waals surface area contributed by atoms with Crippen molar-refractivity contribution in [2.45, 2.75) is 6.92 Å². The van der Waals surface area contributed by atoms with Crippen LogP contribution in [0.2, 0.25) is 0 Å². The molecule has 0 unspecified atom stereocenters. The number of rotatable bonds is 1. The van der Waals surface area contributed by atoms with E-state index < -0.39 is 5.82 Å². The largest absolute Gasteiger partial charge is 0.469 e. The lowest BCUT2D eigenvalue weighted by Crippen LogP contribution is -1.86. The van der Waals surface area contributed by atoms with Crippen LogP contribution in [-0.4, -0.2) is 10.2 Å². The summed E-state index contributed by atoms with van der Waals surface area (Å²) in [6.45, 7) is 1.78. The summed E-state index contributed by atoms with van der Waals surface area (Å²) in [5, 5.41) is 6.03. The van der Waals surface area contributed by atoms with Crippen LogP contribution >= 0.6 is 0 Å². The van der Waals surface area contributed by atoms with Gasteiger partial charge in [0, 0.05) is 5.56 Å². The van der Waals surface area contributed by atoms with Gasteiger partial charge in [0.25, 0.3) is 0 Å². The number of furan rings is 1. The molecule has 0 aliphatic carbocycles. The fraction of sp³-hybridized carbons (Fsp3) is 0.125. The monoisotopic (exact) mass is 181 g/mol. The molecular weight excluding hydrogens is 173 g/mol. The zero-order chi connectivity index (χ0) is 9.42. The Morgan fingerprint density at radius 1 is 1.62 bits per heavy atom. The highest BCUT2D eigenvalue weighted by molar-refractivity contribution is 5.62. The third-order valence-electron chi connectivity index (χ3n) is 1.75. The van der Waals surface area contributed by atoms with Crippen LogP contribution in [0, 0.1) is 12.7 Å². The first kappa shape index (κ1) is 7.85. The van der Waals surface area contributed by atoms with E-state index in [9.17, 15) is 4.39 Å². The summed E-state index contributed by atoms with van der Waals surface area (Å²) in [6, 6.07) is 1.70. The molecule has 2 rings (SSSR count). The van der Waals surface area contributed by atoms with Gasteiger partial charge in [-0.1, -0.05) is 0 Å². The second kappa shape index (κ2) is 2.62. The van der Waals surface area contributed by atoms with Crippen molar-refractivity contribution in [2.24, 2.45) is 0 Å². The van der Waals surface area contributed by atoms with E-state index in [-0.39, 0.29) is 11.5 Å². The number of hydrogen-bond donors (Lipinski definition) is 2. The second-order valence-corrected chi connectivity index (χ2v) is 2.74. The molecule has 2 heterocycles. The lowest BCUT2D eigenvalue weighted by molar-refractivity contribution is 0.534. The van der Waals surface area contributed by atoms with Crippen LogP contribution in [0.15, 0.2) is 16.7 Å². The number of halogens is 1. The highest BCUT2D eigenvalue weighted by atomic mass is 19.1. The number of aryl methyl sites for hydroxylation is 1. The summed E-state index contributed by atoms with van der Waals surface area (Å²) in [6.07, 6.45) is 1.45. The minimum atomic E-state index is -0.541. The third kappa shape index (κ3) is 1.18. The minimum absolute atomic E-state index is 0.131. The van der Waals surface area contributed by atoms with Crippen LogP contribution in [0.1, 0.15) is 5.76 Å². The molecular formula is C8H8FN3O. The van der Waals surface area contributed by atoms with E-state index in [2.05, 4.69) is 10.2 Å². The molecule has 0 saturated carbocycles. The van der Waals surface area contributed by atoms with Crippen molar-refractivity contribution in [1.29, 1.82) is 0 Å². The summed E-state index contributed by atoms with van der Waals surface area (Å²) in [4.78, 5) is 0. The van der Waals surface area contributed by atoms with E-state index in [0.717, 1.165) is 0 Å². The van der Waals surface area contributed by atoms with Gasteiger partial charge >= 0.3 is 0 Å². The van der Waals surface area contributed by atoms with Gasteiger partial charge in [0.2, 0.25) is 0 Å². The topological polar surface area (TPSA) is 67.8 Å². The van der Waals surface area contributed by atoms with Gasteiger partial charge in [0.05, 0.1) is 0 Å². The molecule has 0 spiro atoms. The molecule has 5 heteroatoms. The number of H-pyrrole nitrogens is 1. The highest BCUT2D eigenvalue weighted by Crippen LogP contribution is 2.24. The van der Waals surface area contributed by atoms with Gasteiger partial charge in [-0.3, -0.25) is 5.10 Å². The Kier molecular flexibility index (Phi) is 1.58. The van der Waals surface area contributed by atoms with Gasteiger partial charge in [0.1, 0.15) is 17.7 Å². The van der Waals surface area contributed by atoms with Crippen molar-refractivity contribution in [2.75, 3.05) is 5.73 Å². The van der Waals surface area contributed by atoms with Crippen molar-refractivity contribution in [3.8, 4) is 11.3 Å². The van der Waals surface area contributed by atoms with Crippen LogP contribution in [0.3, 0.4) is 0 Å². The van der Waals surface area contributed by atoms with Crippen molar-refractivity contribution in [1.82, 2.24) is 10.2 Å². The number of nitrogens with two attached hydrogens (primary N) is 1. The molecule has 68 valence electrons. The first-order valence-electron chi connectivity index (χ1n) is 3.73. The smallest absolute Gasteiger partial charge is 0.192 e. The molecule has 4 nitrogen and oxygen atoms in total. The Hall–Kier alpha value is -1.78. The molecule has 0 atom stereocenters. The summed E-state index contributed by atoms with van der Waals surface area (Å²) in [7, 11) is 0. The number of nitrogens with zero attached hydrogens (tertiary/aromatic N) is 1. The Morgan fingerprint density at radius 3 is 2.85 bits per heavy atom. The lowest BCUT2D eigenvalue weighted by atomic mass is 10.2. The average Bonchev–Trinajstić information content (AvgIpc) is 2.62. The Bertz CT molecular complexity index is 432. The molecule has 0 radical (unpaired) electrons. The molecule has 3 N–H and O–H groups in total. The number of nitrogen functional groups attached to an aromatic ring is 1. The summed E-state index contributed by atoms with van der Waals surface area (Å²) in [5.41, 5.74) is 6.11. The molecule has 0 fully saturated rings. The summed E-state index contributed by atoms with van der Waals surface area (Å²) < 4.78 is 18.2. The fourth-order valence-electron chi connectivity index (χ4n) is 1.11. The molecule has 0 aromatic carbocycles. The van der Waals surface area contributed by atoms with E-state index in [4.69, 9.17) is 10.2 Å². The maximum atomic E-state index is 13.2. The van der Waals surface area contributed by atoms with Crippen molar-refractivity contribution < 1.29 is 8.81 Å². The van der Waals surface area contributed by atoms with Gasteiger partial charge in [-0.2, -0.15) is 5.10 Å². The van der Waals surface area contributed by atoms with Gasteiger partial charge in [-0.15, -0.1) is 0 Å². The number of hydrogen-bond acceptors (Lipinski definition) is 3. The van der Waals surface area contributed by atoms with Crippen molar-refractivity contribution in [3.05, 3.63) is 23.9 Å². The van der Waals surface area contributed by atoms with Crippen molar-refractivity contribution in [3.63, 3.8) is 0 Å². The number of nitrogens with one attached hydrogen (secondary N) is 1. The second-order valence-electron chi connectivity index (χ2n) is 2.74. The van der Waals surface area contributed by atoms with Gasteiger partial charge < -0.3 is 10.2 Å². The molecule has 2 aromatic rings. The minimum Gasteiger partial charge on any atom is -0.469 e. The molecule has 0 saturated heterocycles. The Balaban J connectivity index is 2.52. The maximum absolute atomic E-state index is 13.2. The normalized spacial score (nSPS) is 10.6. The number of aromatic nitrogens is 2. The number of anilines is 1. The van der Waals surface area contributed by atoms with Gasteiger partial charge in [-0.05, 0) is 13.0 Å². The Morgan fingerprint density at radius 2 is 2.38 bits per heavy atom. The molecule has 0 aliphatic rings. The van der Waals surface area contributed by atoms with Crippen LogP contribution in [0.5, 0.6) is 0 Å². The lowest BCUT2D eigenvalue weighted by Gasteiger charge is -1.88. The zero-order valence-electron chi connectivity index (χ0n) is 6.97. The van der Waals surface area contributed by atoms with E-state index in [1.807, 2.05) is 0 Å². The van der Waals surface area contributed by atoms with E-state index >= 15 is 0 Å². The maximum Gasteiger partial charge on any atom is 0.192 e. The van der Waals surface area contributed by atoms with Crippen LogP contribution in [-0.2, 0) is 0 Å². The predicted octanol–water partition coefficient (Wildman–Crippen LogP) is 1.70. The van der Waals surface area contributed by atoms with E-state index in [1.165, 1.54) is 6.26 Å². The molecule has 0 amide bonds. The Labute approximate surface area is 73.6 Å². The molecule has 0 aliphatic heterocycles. The van der Waals surface area contributed by atoms with Crippen molar-refractivity contribution >= 4 is 5.82 Å². The molecule has 2 aromatic heterocycles. The van der Waals surface area contributed by atoms with Crippen LogP contribution in [0.25, 0.3) is 11.3 Å². The van der Waals surface area contributed by atoms with Gasteiger partial charge in [-0.25, -0.2) is 4.39 Å². The average molecular weight is 181 g/mol. The number of aromatic amines is 1. The SMILES string of the molecule is Cc1cc(-c2[nH]nc(N)c2F)co1. The highest BCUT2D eigenvalue weighted by Gasteiger charge is 2.13. The van der Waals surface area contributed by atoms with Gasteiger partial charge in [0.15, 0.2) is 11.6 Å². The molecule has 0 bridgehead atoms.